The Bertz CT molecular complexity index is 577. The standard InChI is InChI=1S/C14H19N3O2/c1-4-17-12-8-6-5-7-11(12)16-13(17)9-15-10(2)14(18)19-3/h5-8,10,15H,4,9H2,1-3H3/t10-/m0/s1. The van der Waals surface area contributed by atoms with Crippen LogP contribution < -0.4 is 5.32 Å². The molecule has 1 aromatic heterocycles. The summed E-state index contributed by atoms with van der Waals surface area (Å²) in [6.07, 6.45) is 0. The Morgan fingerprint density at radius 2 is 2.21 bits per heavy atom. The van der Waals surface area contributed by atoms with E-state index in [0.29, 0.717) is 6.54 Å². The van der Waals surface area contributed by atoms with E-state index < -0.39 is 0 Å². The number of para-hydroxylation sites is 2. The first-order chi connectivity index (χ1) is 9.17. The van der Waals surface area contributed by atoms with Crippen LogP contribution in [0.2, 0.25) is 0 Å². The van der Waals surface area contributed by atoms with Crippen LogP contribution in [-0.2, 0) is 22.6 Å². The number of benzene rings is 1. The quantitative estimate of drug-likeness (QED) is 0.832. The third-order valence-electron chi connectivity index (χ3n) is 3.17. The maximum atomic E-state index is 11.3. The smallest absolute Gasteiger partial charge is 0.322 e. The Balaban J connectivity index is 2.18. The first kappa shape index (κ1) is 13.5. The molecule has 5 nitrogen and oxygen atoms in total. The fourth-order valence-corrected chi connectivity index (χ4v) is 2.12. The lowest BCUT2D eigenvalue weighted by molar-refractivity contribution is -0.142. The average Bonchev–Trinajstić information content (AvgIpc) is 2.81. The number of carbonyl (C=O) groups excluding carboxylic acids is 1. The molecule has 2 aromatic rings. The summed E-state index contributed by atoms with van der Waals surface area (Å²) in [5.74, 6) is 0.665. The maximum Gasteiger partial charge on any atom is 0.322 e. The van der Waals surface area contributed by atoms with Gasteiger partial charge in [-0.3, -0.25) is 10.1 Å². The zero-order valence-corrected chi connectivity index (χ0v) is 11.5. The van der Waals surface area contributed by atoms with E-state index in [1.54, 1.807) is 6.92 Å². The van der Waals surface area contributed by atoms with Crippen LogP contribution in [0, 0.1) is 0 Å². The van der Waals surface area contributed by atoms with Crippen LogP contribution in [0.25, 0.3) is 11.0 Å². The predicted molar refractivity (Wildman–Crippen MR) is 73.7 cm³/mol. The van der Waals surface area contributed by atoms with Crippen LogP contribution in [0.15, 0.2) is 24.3 Å². The van der Waals surface area contributed by atoms with Crippen molar-refractivity contribution in [2.24, 2.45) is 0 Å². The molecule has 0 aliphatic heterocycles. The van der Waals surface area contributed by atoms with Crippen LogP contribution in [0.1, 0.15) is 19.7 Å². The van der Waals surface area contributed by atoms with Gasteiger partial charge in [-0.05, 0) is 26.0 Å². The van der Waals surface area contributed by atoms with Gasteiger partial charge in [0, 0.05) is 6.54 Å². The minimum Gasteiger partial charge on any atom is -0.468 e. The van der Waals surface area contributed by atoms with E-state index in [0.717, 1.165) is 23.4 Å². The number of methoxy groups -OCH3 is 1. The highest BCUT2D eigenvalue weighted by Gasteiger charge is 2.14. The summed E-state index contributed by atoms with van der Waals surface area (Å²) in [7, 11) is 1.39. The Morgan fingerprint density at radius 3 is 2.89 bits per heavy atom. The number of aromatic nitrogens is 2. The number of rotatable bonds is 5. The lowest BCUT2D eigenvalue weighted by Crippen LogP contribution is -2.35. The molecule has 2 rings (SSSR count). The summed E-state index contributed by atoms with van der Waals surface area (Å²) < 4.78 is 6.83. The molecule has 0 aliphatic rings. The normalized spacial score (nSPS) is 12.6. The molecule has 1 N–H and O–H groups in total. The zero-order chi connectivity index (χ0) is 13.8. The Hall–Kier alpha value is -1.88. The molecule has 0 saturated carbocycles. The number of aryl methyl sites for hydroxylation is 1. The molecule has 0 radical (unpaired) electrons. The van der Waals surface area contributed by atoms with Crippen LogP contribution in [-0.4, -0.2) is 28.7 Å². The number of nitrogens with zero attached hydrogens (tertiary/aromatic N) is 2. The van der Waals surface area contributed by atoms with Gasteiger partial charge in [0.15, 0.2) is 0 Å². The van der Waals surface area contributed by atoms with E-state index in [1.807, 2.05) is 18.2 Å². The molecule has 0 saturated heterocycles. The van der Waals surface area contributed by atoms with E-state index in [9.17, 15) is 4.79 Å². The molecular weight excluding hydrogens is 242 g/mol. The van der Waals surface area contributed by atoms with Gasteiger partial charge >= 0.3 is 5.97 Å². The highest BCUT2D eigenvalue weighted by molar-refractivity contribution is 5.76. The molecule has 0 unspecified atom stereocenters. The lowest BCUT2D eigenvalue weighted by atomic mass is 10.3. The molecule has 0 bridgehead atoms. The monoisotopic (exact) mass is 261 g/mol. The van der Waals surface area contributed by atoms with Crippen molar-refractivity contribution in [1.82, 2.24) is 14.9 Å². The number of ether oxygens (including phenoxy) is 1. The van der Waals surface area contributed by atoms with Crippen molar-refractivity contribution in [3.63, 3.8) is 0 Å². The van der Waals surface area contributed by atoms with Crippen LogP contribution >= 0.6 is 0 Å². The minimum atomic E-state index is -0.338. The summed E-state index contributed by atoms with van der Waals surface area (Å²) in [4.78, 5) is 15.9. The van der Waals surface area contributed by atoms with Gasteiger partial charge in [-0.15, -0.1) is 0 Å². The number of imidazole rings is 1. The molecule has 1 aromatic carbocycles. The third-order valence-corrected chi connectivity index (χ3v) is 3.17. The number of esters is 1. The van der Waals surface area contributed by atoms with Gasteiger partial charge < -0.3 is 9.30 Å². The van der Waals surface area contributed by atoms with Crippen molar-refractivity contribution >= 4 is 17.0 Å². The topological polar surface area (TPSA) is 56.2 Å². The Morgan fingerprint density at radius 1 is 1.47 bits per heavy atom. The van der Waals surface area contributed by atoms with E-state index in [-0.39, 0.29) is 12.0 Å². The summed E-state index contributed by atoms with van der Waals surface area (Å²) in [5, 5.41) is 3.13. The van der Waals surface area contributed by atoms with E-state index >= 15 is 0 Å². The second-order valence-corrected chi connectivity index (χ2v) is 4.39. The van der Waals surface area contributed by atoms with Gasteiger partial charge in [-0.25, -0.2) is 4.98 Å². The first-order valence-corrected chi connectivity index (χ1v) is 6.42. The molecule has 102 valence electrons. The fourth-order valence-electron chi connectivity index (χ4n) is 2.12. The van der Waals surface area contributed by atoms with Crippen LogP contribution in [0.5, 0.6) is 0 Å². The van der Waals surface area contributed by atoms with Crippen molar-refractivity contribution in [3.8, 4) is 0 Å². The van der Waals surface area contributed by atoms with E-state index in [1.165, 1.54) is 7.11 Å². The number of nitrogens with one attached hydrogen (secondary N) is 1. The number of hydrogen-bond donors (Lipinski definition) is 1. The Kier molecular flexibility index (Phi) is 4.16. The van der Waals surface area contributed by atoms with Gasteiger partial charge in [0.2, 0.25) is 0 Å². The summed E-state index contributed by atoms with van der Waals surface area (Å²) in [6, 6.07) is 7.69. The van der Waals surface area contributed by atoms with Crippen LogP contribution in [0.4, 0.5) is 0 Å². The molecule has 0 aliphatic carbocycles. The summed E-state index contributed by atoms with van der Waals surface area (Å²) in [5.41, 5.74) is 2.10. The lowest BCUT2D eigenvalue weighted by Gasteiger charge is -2.12. The van der Waals surface area contributed by atoms with Crippen molar-refractivity contribution in [2.45, 2.75) is 33.0 Å². The van der Waals surface area contributed by atoms with E-state index in [2.05, 4.69) is 32.6 Å². The van der Waals surface area contributed by atoms with Crippen molar-refractivity contribution < 1.29 is 9.53 Å². The largest absolute Gasteiger partial charge is 0.468 e. The second-order valence-electron chi connectivity index (χ2n) is 4.39. The number of fused-ring (bicyclic) bond motifs is 1. The van der Waals surface area contributed by atoms with Gasteiger partial charge in [0.1, 0.15) is 11.9 Å². The summed E-state index contributed by atoms with van der Waals surface area (Å²) in [6.45, 7) is 5.26. The predicted octanol–water partition coefficient (Wildman–Crippen LogP) is 1.71. The number of hydrogen-bond acceptors (Lipinski definition) is 4. The average molecular weight is 261 g/mol. The molecule has 1 heterocycles. The van der Waals surface area contributed by atoms with Crippen molar-refractivity contribution in [2.75, 3.05) is 7.11 Å². The van der Waals surface area contributed by atoms with E-state index in [4.69, 9.17) is 0 Å². The highest BCUT2D eigenvalue weighted by Crippen LogP contribution is 2.15. The molecule has 19 heavy (non-hydrogen) atoms. The molecule has 1 atom stereocenters. The second kappa shape index (κ2) is 5.84. The maximum absolute atomic E-state index is 11.3. The number of carbonyl (C=O) groups is 1. The van der Waals surface area contributed by atoms with Crippen molar-refractivity contribution in [1.29, 1.82) is 0 Å². The van der Waals surface area contributed by atoms with Gasteiger partial charge in [0.25, 0.3) is 0 Å². The first-order valence-electron chi connectivity index (χ1n) is 6.42. The molecule has 0 fully saturated rings. The SMILES string of the molecule is CCn1c(CN[C@@H](C)C(=O)OC)nc2ccccc21. The van der Waals surface area contributed by atoms with Gasteiger partial charge in [-0.1, -0.05) is 12.1 Å². The molecule has 0 spiro atoms. The van der Waals surface area contributed by atoms with Gasteiger partial charge in [0.05, 0.1) is 24.7 Å². The summed E-state index contributed by atoms with van der Waals surface area (Å²) >= 11 is 0. The zero-order valence-electron chi connectivity index (χ0n) is 11.5. The van der Waals surface area contributed by atoms with Crippen molar-refractivity contribution in [3.05, 3.63) is 30.1 Å². The van der Waals surface area contributed by atoms with Gasteiger partial charge in [-0.2, -0.15) is 0 Å². The third kappa shape index (κ3) is 2.76. The Labute approximate surface area is 112 Å². The molecule has 0 amide bonds. The fraction of sp³-hybridized carbons (Fsp3) is 0.429. The minimum absolute atomic E-state index is 0.265. The highest BCUT2D eigenvalue weighted by atomic mass is 16.5. The van der Waals surface area contributed by atoms with Crippen LogP contribution in [0.3, 0.4) is 0 Å². The molecular formula is C14H19N3O2. The molecule has 5 heteroatoms.